The highest BCUT2D eigenvalue weighted by atomic mass is 16.4. The Morgan fingerprint density at radius 2 is 1.64 bits per heavy atom. The Hall–Kier alpha value is -3.68. The molecule has 8 nitrogen and oxygen atoms in total. The van der Waals surface area contributed by atoms with E-state index in [1.807, 2.05) is 30.3 Å². The number of aromatic carboxylic acids is 1. The second-order valence-corrected chi connectivity index (χ2v) is 6.66. The third-order valence-electron chi connectivity index (χ3n) is 4.48. The quantitative estimate of drug-likeness (QED) is 0.616. The number of hydrogen-bond donors (Lipinski definition) is 3. The number of hydrogen-bond acceptors (Lipinski definition) is 4. The molecule has 0 aliphatic rings. The van der Waals surface area contributed by atoms with Crippen LogP contribution in [0.5, 0.6) is 0 Å². The van der Waals surface area contributed by atoms with Crippen molar-refractivity contribution in [3.63, 3.8) is 0 Å². The second kappa shape index (κ2) is 7.51. The summed E-state index contributed by atoms with van der Waals surface area (Å²) < 4.78 is 0. The average Bonchev–Trinajstić information content (AvgIpc) is 2.65. The summed E-state index contributed by atoms with van der Waals surface area (Å²) in [4.78, 5) is 52.4. The van der Waals surface area contributed by atoms with Crippen molar-refractivity contribution >= 4 is 22.6 Å². The maximum absolute atomic E-state index is 12.1. The van der Waals surface area contributed by atoms with Gasteiger partial charge in [0.15, 0.2) is 0 Å². The fourth-order valence-electron chi connectivity index (χ4n) is 3.04. The molecule has 0 saturated carbocycles. The van der Waals surface area contributed by atoms with Crippen LogP contribution in [0.1, 0.15) is 32.0 Å². The zero-order valence-electron chi connectivity index (χ0n) is 15.4. The lowest BCUT2D eigenvalue weighted by molar-refractivity contribution is 0.0687. The van der Waals surface area contributed by atoms with Crippen LogP contribution in [-0.2, 0) is 12.8 Å². The van der Waals surface area contributed by atoms with E-state index in [-0.39, 0.29) is 23.6 Å². The Kier molecular flexibility index (Phi) is 5.12. The predicted octanol–water partition coefficient (Wildman–Crippen LogP) is 1.40. The molecule has 0 aliphatic carbocycles. The third-order valence-corrected chi connectivity index (χ3v) is 4.48. The largest absolute Gasteiger partial charge is 0.477 e. The Bertz CT molecular complexity index is 1190. The highest BCUT2D eigenvalue weighted by molar-refractivity contribution is 5.98. The van der Waals surface area contributed by atoms with E-state index in [9.17, 15) is 24.3 Å². The van der Waals surface area contributed by atoms with Crippen molar-refractivity contribution in [2.75, 3.05) is 14.1 Å². The first kappa shape index (κ1) is 19.1. The molecular weight excluding hydrogens is 362 g/mol. The van der Waals surface area contributed by atoms with Crippen LogP contribution >= 0.6 is 0 Å². The Morgan fingerprint density at radius 1 is 0.964 bits per heavy atom. The maximum Gasteiger partial charge on any atom is 0.352 e. The first-order valence-corrected chi connectivity index (χ1v) is 8.59. The summed E-state index contributed by atoms with van der Waals surface area (Å²) in [5.74, 6) is -1.43. The second-order valence-electron chi connectivity index (χ2n) is 6.66. The van der Waals surface area contributed by atoms with Crippen LogP contribution in [0.3, 0.4) is 0 Å². The van der Waals surface area contributed by atoms with Crippen molar-refractivity contribution in [2.45, 2.75) is 12.8 Å². The molecule has 1 aromatic heterocycles. The van der Waals surface area contributed by atoms with Crippen molar-refractivity contribution in [2.24, 2.45) is 0 Å². The molecule has 3 N–H and O–H groups in total. The van der Waals surface area contributed by atoms with Gasteiger partial charge in [-0.25, -0.2) is 9.59 Å². The summed E-state index contributed by atoms with van der Waals surface area (Å²) in [5, 5.41) is 11.0. The smallest absolute Gasteiger partial charge is 0.352 e. The molecule has 0 atom stereocenters. The van der Waals surface area contributed by atoms with E-state index in [1.54, 1.807) is 20.2 Å². The molecule has 2 aromatic carbocycles. The molecule has 0 aliphatic heterocycles. The van der Waals surface area contributed by atoms with Crippen molar-refractivity contribution in [1.82, 2.24) is 14.9 Å². The first-order valence-electron chi connectivity index (χ1n) is 8.59. The number of rotatable bonds is 5. The lowest BCUT2D eigenvalue weighted by Gasteiger charge is -2.11. The van der Waals surface area contributed by atoms with E-state index < -0.39 is 17.2 Å². The van der Waals surface area contributed by atoms with Crippen LogP contribution < -0.4 is 11.2 Å². The average molecular weight is 381 g/mol. The Labute approximate surface area is 159 Å². The number of carbonyl (C=O) groups excluding carboxylic acids is 1. The highest BCUT2D eigenvalue weighted by Gasteiger charge is 2.15. The van der Waals surface area contributed by atoms with Gasteiger partial charge in [0.05, 0.1) is 0 Å². The predicted molar refractivity (Wildman–Crippen MR) is 104 cm³/mol. The topological polar surface area (TPSA) is 123 Å². The summed E-state index contributed by atoms with van der Waals surface area (Å²) in [5.41, 5.74) is -0.411. The van der Waals surface area contributed by atoms with E-state index in [4.69, 9.17) is 0 Å². The standard InChI is InChI=1S/C20H19N3O5/c1-23(2)18(25)14-7-6-12-9-11(3-5-13(12)10-14)4-8-15-16(19(26)27)21-20(28)22-17(15)24/h3,5-7,9-10H,4,8H2,1-2H3,(H,26,27)(H2,21,22,24,28). The van der Waals surface area contributed by atoms with Gasteiger partial charge in [0.2, 0.25) is 0 Å². The number of nitrogens with zero attached hydrogens (tertiary/aromatic N) is 1. The summed E-state index contributed by atoms with van der Waals surface area (Å²) in [6.07, 6.45) is 0.584. The van der Waals surface area contributed by atoms with Gasteiger partial charge in [-0.15, -0.1) is 0 Å². The number of carbonyl (C=O) groups is 2. The Morgan fingerprint density at radius 3 is 2.32 bits per heavy atom. The van der Waals surface area contributed by atoms with Gasteiger partial charge >= 0.3 is 11.7 Å². The monoisotopic (exact) mass is 381 g/mol. The number of carboxylic acid groups (broad SMARTS) is 1. The lowest BCUT2D eigenvalue weighted by Crippen LogP contribution is -2.30. The molecule has 3 aromatic rings. The molecule has 1 amide bonds. The molecular formula is C20H19N3O5. The minimum Gasteiger partial charge on any atom is -0.477 e. The number of fused-ring (bicyclic) bond motifs is 1. The number of carboxylic acids is 1. The van der Waals surface area contributed by atoms with Crippen LogP contribution in [0, 0.1) is 0 Å². The van der Waals surface area contributed by atoms with Crippen molar-refractivity contribution in [1.29, 1.82) is 0 Å². The zero-order chi connectivity index (χ0) is 20.4. The van der Waals surface area contributed by atoms with Gasteiger partial charge in [-0.05, 0) is 41.3 Å². The third kappa shape index (κ3) is 3.85. The van der Waals surface area contributed by atoms with Gasteiger partial charge in [-0.1, -0.05) is 24.3 Å². The van der Waals surface area contributed by atoms with Gasteiger partial charge in [-0.2, -0.15) is 0 Å². The summed E-state index contributed by atoms with van der Waals surface area (Å²) in [6.45, 7) is 0. The molecule has 0 spiro atoms. The maximum atomic E-state index is 12.1. The Balaban J connectivity index is 1.87. The van der Waals surface area contributed by atoms with Crippen molar-refractivity contribution in [3.8, 4) is 0 Å². The molecule has 0 bridgehead atoms. The molecule has 3 rings (SSSR count). The van der Waals surface area contributed by atoms with E-state index in [0.717, 1.165) is 16.3 Å². The number of aromatic amines is 2. The molecule has 1 heterocycles. The lowest BCUT2D eigenvalue weighted by atomic mass is 9.99. The number of H-pyrrole nitrogens is 2. The fourth-order valence-corrected chi connectivity index (χ4v) is 3.04. The minimum atomic E-state index is -1.35. The highest BCUT2D eigenvalue weighted by Crippen LogP contribution is 2.20. The van der Waals surface area contributed by atoms with Gasteiger partial charge in [-0.3, -0.25) is 14.6 Å². The number of nitrogens with one attached hydrogen (secondary N) is 2. The number of amides is 1. The van der Waals surface area contributed by atoms with Crippen LogP contribution in [0.25, 0.3) is 10.8 Å². The summed E-state index contributed by atoms with van der Waals surface area (Å²) in [7, 11) is 3.39. The number of benzene rings is 2. The molecule has 8 heteroatoms. The van der Waals surface area contributed by atoms with Gasteiger partial charge in [0, 0.05) is 25.2 Å². The number of aryl methyl sites for hydroxylation is 1. The minimum absolute atomic E-state index is 0.0270. The van der Waals surface area contributed by atoms with Crippen LogP contribution in [0.15, 0.2) is 46.0 Å². The van der Waals surface area contributed by atoms with E-state index in [2.05, 4.69) is 9.97 Å². The summed E-state index contributed by atoms with van der Waals surface area (Å²) in [6, 6.07) is 11.1. The molecule has 0 fully saturated rings. The SMILES string of the molecule is CN(C)C(=O)c1ccc2cc(CCc3c(C(=O)O)[nH]c(=O)[nH]c3=O)ccc2c1. The van der Waals surface area contributed by atoms with E-state index in [1.165, 1.54) is 4.90 Å². The molecule has 0 unspecified atom stereocenters. The van der Waals surface area contributed by atoms with Gasteiger partial charge in [0.1, 0.15) is 5.69 Å². The zero-order valence-corrected chi connectivity index (χ0v) is 15.4. The van der Waals surface area contributed by atoms with Gasteiger partial charge in [0.25, 0.3) is 11.5 Å². The van der Waals surface area contributed by atoms with E-state index in [0.29, 0.717) is 12.0 Å². The molecule has 28 heavy (non-hydrogen) atoms. The first-order chi connectivity index (χ1) is 13.3. The summed E-state index contributed by atoms with van der Waals surface area (Å²) >= 11 is 0. The normalized spacial score (nSPS) is 10.8. The molecule has 144 valence electrons. The van der Waals surface area contributed by atoms with E-state index >= 15 is 0 Å². The molecule has 0 radical (unpaired) electrons. The number of aromatic nitrogens is 2. The van der Waals surface area contributed by atoms with Crippen LogP contribution in [0.2, 0.25) is 0 Å². The molecule has 0 saturated heterocycles. The fraction of sp³-hybridized carbons (Fsp3) is 0.200. The van der Waals surface area contributed by atoms with Crippen molar-refractivity contribution < 1.29 is 14.7 Å². The van der Waals surface area contributed by atoms with Crippen molar-refractivity contribution in [3.05, 3.63) is 79.6 Å². The van der Waals surface area contributed by atoms with Crippen LogP contribution in [0.4, 0.5) is 0 Å². The van der Waals surface area contributed by atoms with Gasteiger partial charge < -0.3 is 15.0 Å². The van der Waals surface area contributed by atoms with Crippen LogP contribution in [-0.4, -0.2) is 45.9 Å².